The standard InChI is InChI=1S/C13H19ClN2O/c1-17-11-5-6-12(14)13(8-11)16-9-10-4-2-3-7-15-10/h5-6,8,10,15-16H,2-4,7,9H2,1H3. The molecule has 0 saturated carbocycles. The van der Waals surface area contributed by atoms with E-state index in [2.05, 4.69) is 10.6 Å². The molecule has 4 heteroatoms. The fourth-order valence-corrected chi connectivity index (χ4v) is 2.28. The number of hydrogen-bond acceptors (Lipinski definition) is 3. The third-order valence-corrected chi connectivity index (χ3v) is 3.45. The molecule has 1 aliphatic rings. The fraction of sp³-hybridized carbons (Fsp3) is 0.538. The lowest BCUT2D eigenvalue weighted by atomic mass is 10.1. The molecule has 2 N–H and O–H groups in total. The van der Waals surface area contributed by atoms with Crippen LogP contribution in [0.25, 0.3) is 0 Å². The summed E-state index contributed by atoms with van der Waals surface area (Å²) in [6.45, 7) is 2.03. The molecule has 1 aliphatic heterocycles. The summed E-state index contributed by atoms with van der Waals surface area (Å²) in [4.78, 5) is 0. The number of methoxy groups -OCH3 is 1. The van der Waals surface area contributed by atoms with Gasteiger partial charge in [-0.05, 0) is 31.5 Å². The quantitative estimate of drug-likeness (QED) is 0.867. The Balaban J connectivity index is 1.92. The Labute approximate surface area is 107 Å². The van der Waals surface area contributed by atoms with E-state index in [9.17, 15) is 0 Å². The van der Waals surface area contributed by atoms with Crippen molar-refractivity contribution in [3.63, 3.8) is 0 Å². The molecule has 1 atom stereocenters. The normalized spacial score (nSPS) is 20.0. The predicted octanol–water partition coefficient (Wildman–Crippen LogP) is 2.90. The predicted molar refractivity (Wildman–Crippen MR) is 72.1 cm³/mol. The average molecular weight is 255 g/mol. The minimum absolute atomic E-state index is 0.547. The minimum atomic E-state index is 0.547. The van der Waals surface area contributed by atoms with Crippen LogP contribution in [0.15, 0.2) is 18.2 Å². The maximum Gasteiger partial charge on any atom is 0.121 e. The zero-order valence-electron chi connectivity index (χ0n) is 10.1. The highest BCUT2D eigenvalue weighted by Crippen LogP contribution is 2.26. The molecule has 0 bridgehead atoms. The van der Waals surface area contributed by atoms with Crippen LogP contribution in [0.1, 0.15) is 19.3 Å². The minimum Gasteiger partial charge on any atom is -0.497 e. The molecule has 2 rings (SSSR count). The largest absolute Gasteiger partial charge is 0.497 e. The number of piperidine rings is 1. The molecule has 1 saturated heterocycles. The number of hydrogen-bond donors (Lipinski definition) is 2. The summed E-state index contributed by atoms with van der Waals surface area (Å²) < 4.78 is 5.19. The first kappa shape index (κ1) is 12.5. The Bertz CT molecular complexity index is 364. The second kappa shape index (κ2) is 6.12. The SMILES string of the molecule is COc1ccc(Cl)c(NCC2CCCCN2)c1. The Kier molecular flexibility index (Phi) is 4.51. The Morgan fingerprint density at radius 2 is 2.35 bits per heavy atom. The molecule has 0 amide bonds. The number of benzene rings is 1. The summed E-state index contributed by atoms with van der Waals surface area (Å²) >= 11 is 6.13. The van der Waals surface area contributed by atoms with Gasteiger partial charge in [0.15, 0.2) is 0 Å². The highest BCUT2D eigenvalue weighted by atomic mass is 35.5. The monoisotopic (exact) mass is 254 g/mol. The Morgan fingerprint density at radius 3 is 3.06 bits per heavy atom. The van der Waals surface area contributed by atoms with Crippen LogP contribution in [-0.2, 0) is 0 Å². The van der Waals surface area contributed by atoms with Crippen LogP contribution in [0.3, 0.4) is 0 Å². The van der Waals surface area contributed by atoms with E-state index in [-0.39, 0.29) is 0 Å². The van der Waals surface area contributed by atoms with E-state index in [0.29, 0.717) is 6.04 Å². The highest BCUT2D eigenvalue weighted by molar-refractivity contribution is 6.33. The third-order valence-electron chi connectivity index (χ3n) is 3.12. The third kappa shape index (κ3) is 3.51. The number of rotatable bonds is 4. The molecule has 1 aromatic rings. The van der Waals surface area contributed by atoms with Crippen molar-refractivity contribution in [3.8, 4) is 5.75 Å². The number of nitrogens with one attached hydrogen (secondary N) is 2. The van der Waals surface area contributed by atoms with Gasteiger partial charge in [-0.2, -0.15) is 0 Å². The van der Waals surface area contributed by atoms with Crippen LogP contribution >= 0.6 is 11.6 Å². The summed E-state index contributed by atoms with van der Waals surface area (Å²) in [7, 11) is 1.66. The number of ether oxygens (including phenoxy) is 1. The lowest BCUT2D eigenvalue weighted by Crippen LogP contribution is -2.39. The van der Waals surface area contributed by atoms with Gasteiger partial charge in [0.2, 0.25) is 0 Å². The van der Waals surface area contributed by atoms with Crippen molar-refractivity contribution >= 4 is 17.3 Å². The molecule has 0 spiro atoms. The van der Waals surface area contributed by atoms with Crippen molar-refractivity contribution in [2.24, 2.45) is 0 Å². The van der Waals surface area contributed by atoms with Gasteiger partial charge < -0.3 is 15.4 Å². The molecule has 17 heavy (non-hydrogen) atoms. The van der Waals surface area contributed by atoms with Crippen molar-refractivity contribution in [3.05, 3.63) is 23.2 Å². The summed E-state index contributed by atoms with van der Waals surface area (Å²) in [5, 5.41) is 7.62. The maximum absolute atomic E-state index is 6.13. The van der Waals surface area contributed by atoms with Gasteiger partial charge in [0, 0.05) is 18.7 Å². The Morgan fingerprint density at radius 1 is 1.47 bits per heavy atom. The van der Waals surface area contributed by atoms with Gasteiger partial charge in [0.1, 0.15) is 5.75 Å². The average Bonchev–Trinajstić information content (AvgIpc) is 2.39. The lowest BCUT2D eigenvalue weighted by molar-refractivity contribution is 0.412. The molecular weight excluding hydrogens is 236 g/mol. The summed E-state index contributed by atoms with van der Waals surface area (Å²) in [6, 6.07) is 6.21. The molecule has 1 heterocycles. The number of anilines is 1. The molecule has 0 radical (unpaired) electrons. The van der Waals surface area contributed by atoms with Crippen molar-refractivity contribution < 1.29 is 4.74 Å². The first-order valence-corrected chi connectivity index (χ1v) is 6.48. The summed E-state index contributed by atoms with van der Waals surface area (Å²) in [5.74, 6) is 0.827. The van der Waals surface area contributed by atoms with E-state index in [4.69, 9.17) is 16.3 Å². The van der Waals surface area contributed by atoms with E-state index in [0.717, 1.165) is 29.5 Å². The second-order valence-corrected chi connectivity index (χ2v) is 4.78. The summed E-state index contributed by atoms with van der Waals surface area (Å²) in [6.07, 6.45) is 3.83. The molecule has 3 nitrogen and oxygen atoms in total. The smallest absolute Gasteiger partial charge is 0.121 e. The molecule has 1 aromatic carbocycles. The van der Waals surface area contributed by atoms with E-state index < -0.39 is 0 Å². The number of halogens is 1. The van der Waals surface area contributed by atoms with E-state index in [1.54, 1.807) is 7.11 Å². The van der Waals surface area contributed by atoms with Crippen molar-refractivity contribution in [1.29, 1.82) is 0 Å². The lowest BCUT2D eigenvalue weighted by Gasteiger charge is -2.24. The van der Waals surface area contributed by atoms with E-state index in [1.807, 2.05) is 18.2 Å². The molecule has 1 unspecified atom stereocenters. The van der Waals surface area contributed by atoms with Gasteiger partial charge in [-0.15, -0.1) is 0 Å². The fourth-order valence-electron chi connectivity index (χ4n) is 2.10. The van der Waals surface area contributed by atoms with E-state index in [1.165, 1.54) is 19.3 Å². The topological polar surface area (TPSA) is 33.3 Å². The molecular formula is C13H19ClN2O. The van der Waals surface area contributed by atoms with Crippen LogP contribution in [-0.4, -0.2) is 26.2 Å². The molecule has 0 aliphatic carbocycles. The zero-order chi connectivity index (χ0) is 12.1. The van der Waals surface area contributed by atoms with Gasteiger partial charge in [-0.3, -0.25) is 0 Å². The van der Waals surface area contributed by atoms with Gasteiger partial charge >= 0.3 is 0 Å². The van der Waals surface area contributed by atoms with Gasteiger partial charge in [0.25, 0.3) is 0 Å². The van der Waals surface area contributed by atoms with Crippen molar-refractivity contribution in [2.45, 2.75) is 25.3 Å². The van der Waals surface area contributed by atoms with Gasteiger partial charge in [0.05, 0.1) is 17.8 Å². The first-order valence-electron chi connectivity index (χ1n) is 6.10. The van der Waals surface area contributed by atoms with Crippen LogP contribution in [0, 0.1) is 0 Å². The van der Waals surface area contributed by atoms with Crippen molar-refractivity contribution in [1.82, 2.24) is 5.32 Å². The Hall–Kier alpha value is -0.930. The van der Waals surface area contributed by atoms with Gasteiger partial charge in [-0.1, -0.05) is 18.0 Å². The van der Waals surface area contributed by atoms with Crippen LogP contribution < -0.4 is 15.4 Å². The first-order chi connectivity index (χ1) is 8.29. The zero-order valence-corrected chi connectivity index (χ0v) is 10.9. The second-order valence-electron chi connectivity index (χ2n) is 4.37. The van der Waals surface area contributed by atoms with E-state index >= 15 is 0 Å². The van der Waals surface area contributed by atoms with Crippen LogP contribution in [0.5, 0.6) is 5.75 Å². The van der Waals surface area contributed by atoms with Crippen molar-refractivity contribution in [2.75, 3.05) is 25.5 Å². The molecule has 94 valence electrons. The summed E-state index contributed by atoms with van der Waals surface area (Å²) in [5.41, 5.74) is 0.943. The van der Waals surface area contributed by atoms with Crippen LogP contribution in [0.2, 0.25) is 5.02 Å². The van der Waals surface area contributed by atoms with Crippen LogP contribution in [0.4, 0.5) is 5.69 Å². The molecule has 1 fully saturated rings. The molecule has 0 aromatic heterocycles. The highest BCUT2D eigenvalue weighted by Gasteiger charge is 2.12. The van der Waals surface area contributed by atoms with Gasteiger partial charge in [-0.25, -0.2) is 0 Å². The maximum atomic E-state index is 6.13.